The molecule has 0 radical (unpaired) electrons. The lowest BCUT2D eigenvalue weighted by Gasteiger charge is -2.08. The van der Waals surface area contributed by atoms with E-state index in [1.54, 1.807) is 6.07 Å². The van der Waals surface area contributed by atoms with Gasteiger partial charge in [-0.1, -0.05) is 6.07 Å². The van der Waals surface area contributed by atoms with Gasteiger partial charge in [-0.05, 0) is 18.6 Å². The topological polar surface area (TPSA) is 61.6 Å². The maximum atomic E-state index is 12.9. The third-order valence-corrected chi connectivity index (χ3v) is 1.94. The second-order valence-electron chi connectivity index (χ2n) is 3.28. The SMILES string of the molecule is Cc1ccc(F)cc1OCCCOC(N)=O. The summed E-state index contributed by atoms with van der Waals surface area (Å²) in [7, 11) is 0. The summed E-state index contributed by atoms with van der Waals surface area (Å²) in [6.45, 7) is 2.37. The van der Waals surface area contributed by atoms with Crippen LogP contribution < -0.4 is 10.5 Å². The molecule has 0 atom stereocenters. The molecule has 0 heterocycles. The molecule has 1 rings (SSSR count). The van der Waals surface area contributed by atoms with Crippen molar-refractivity contribution in [1.29, 1.82) is 0 Å². The lowest BCUT2D eigenvalue weighted by atomic mass is 10.2. The Morgan fingerprint density at radius 1 is 1.44 bits per heavy atom. The highest BCUT2D eigenvalue weighted by molar-refractivity contribution is 5.64. The van der Waals surface area contributed by atoms with Gasteiger partial charge < -0.3 is 15.2 Å². The van der Waals surface area contributed by atoms with E-state index in [0.717, 1.165) is 5.56 Å². The van der Waals surface area contributed by atoms with Crippen LogP contribution in [-0.2, 0) is 4.74 Å². The lowest BCUT2D eigenvalue weighted by molar-refractivity contribution is 0.147. The minimum absolute atomic E-state index is 0.198. The summed E-state index contributed by atoms with van der Waals surface area (Å²) < 4.78 is 22.7. The molecule has 2 N–H and O–H groups in total. The molecular weight excluding hydrogens is 213 g/mol. The monoisotopic (exact) mass is 227 g/mol. The van der Waals surface area contributed by atoms with Crippen molar-refractivity contribution in [3.63, 3.8) is 0 Å². The Balaban J connectivity index is 2.31. The molecule has 16 heavy (non-hydrogen) atoms. The van der Waals surface area contributed by atoms with Crippen LogP contribution >= 0.6 is 0 Å². The number of amides is 1. The number of nitrogens with two attached hydrogens (primary N) is 1. The third kappa shape index (κ3) is 4.16. The van der Waals surface area contributed by atoms with Crippen LogP contribution in [0.25, 0.3) is 0 Å². The Labute approximate surface area is 93.2 Å². The van der Waals surface area contributed by atoms with Crippen LogP contribution in [0, 0.1) is 12.7 Å². The van der Waals surface area contributed by atoms with Gasteiger partial charge in [-0.2, -0.15) is 0 Å². The van der Waals surface area contributed by atoms with Crippen LogP contribution in [0.2, 0.25) is 0 Å². The minimum atomic E-state index is -0.804. The molecule has 0 saturated carbocycles. The molecular formula is C11H14FNO3. The number of hydrogen-bond donors (Lipinski definition) is 1. The molecule has 5 heteroatoms. The van der Waals surface area contributed by atoms with Gasteiger partial charge in [-0.15, -0.1) is 0 Å². The first-order valence-corrected chi connectivity index (χ1v) is 4.91. The average Bonchev–Trinajstić information content (AvgIpc) is 2.22. The Morgan fingerprint density at radius 2 is 2.19 bits per heavy atom. The van der Waals surface area contributed by atoms with E-state index in [2.05, 4.69) is 4.74 Å². The number of ether oxygens (including phenoxy) is 2. The maximum Gasteiger partial charge on any atom is 0.404 e. The summed E-state index contributed by atoms with van der Waals surface area (Å²) in [5.41, 5.74) is 5.64. The van der Waals surface area contributed by atoms with Gasteiger partial charge in [0.2, 0.25) is 0 Å². The molecule has 4 nitrogen and oxygen atoms in total. The van der Waals surface area contributed by atoms with Gasteiger partial charge in [0, 0.05) is 12.5 Å². The fourth-order valence-electron chi connectivity index (χ4n) is 1.14. The van der Waals surface area contributed by atoms with Gasteiger partial charge >= 0.3 is 6.09 Å². The number of aryl methyl sites for hydroxylation is 1. The van der Waals surface area contributed by atoms with Crippen molar-refractivity contribution >= 4 is 6.09 Å². The molecule has 1 amide bonds. The van der Waals surface area contributed by atoms with E-state index < -0.39 is 6.09 Å². The molecule has 0 aliphatic carbocycles. The lowest BCUT2D eigenvalue weighted by Crippen LogP contribution is -2.15. The number of primary amides is 1. The fourth-order valence-corrected chi connectivity index (χ4v) is 1.14. The molecule has 0 aliphatic heterocycles. The molecule has 1 aromatic carbocycles. The Hall–Kier alpha value is -1.78. The fraction of sp³-hybridized carbons (Fsp3) is 0.364. The molecule has 0 aliphatic rings. The first-order valence-electron chi connectivity index (χ1n) is 4.91. The zero-order valence-electron chi connectivity index (χ0n) is 9.03. The number of halogens is 1. The summed E-state index contributed by atoms with van der Waals surface area (Å²) in [4.78, 5) is 10.2. The van der Waals surface area contributed by atoms with Crippen molar-refractivity contribution in [2.75, 3.05) is 13.2 Å². The van der Waals surface area contributed by atoms with E-state index in [9.17, 15) is 9.18 Å². The molecule has 0 saturated heterocycles. The Kier molecular flexibility index (Phi) is 4.57. The van der Waals surface area contributed by atoms with Gasteiger partial charge in [0.15, 0.2) is 0 Å². The average molecular weight is 227 g/mol. The molecule has 0 aromatic heterocycles. The standard InChI is InChI=1S/C11H14FNO3/c1-8-3-4-9(12)7-10(8)15-5-2-6-16-11(13)14/h3-4,7H,2,5-6H2,1H3,(H2,13,14). The largest absolute Gasteiger partial charge is 0.493 e. The van der Waals surface area contributed by atoms with E-state index in [1.165, 1.54) is 12.1 Å². The molecule has 1 aromatic rings. The number of carbonyl (C=O) groups is 1. The third-order valence-electron chi connectivity index (χ3n) is 1.94. The predicted molar refractivity (Wildman–Crippen MR) is 56.8 cm³/mol. The zero-order chi connectivity index (χ0) is 12.0. The van der Waals surface area contributed by atoms with E-state index in [1.807, 2.05) is 6.92 Å². The zero-order valence-corrected chi connectivity index (χ0v) is 9.03. The van der Waals surface area contributed by atoms with Gasteiger partial charge in [-0.3, -0.25) is 0 Å². The van der Waals surface area contributed by atoms with Gasteiger partial charge in [0.1, 0.15) is 11.6 Å². The predicted octanol–water partition coefficient (Wildman–Crippen LogP) is 2.00. The summed E-state index contributed by atoms with van der Waals surface area (Å²) in [5, 5.41) is 0. The normalized spacial score (nSPS) is 9.88. The summed E-state index contributed by atoms with van der Waals surface area (Å²) >= 11 is 0. The van der Waals surface area contributed by atoms with Crippen molar-refractivity contribution in [3.05, 3.63) is 29.6 Å². The van der Waals surface area contributed by atoms with Crippen molar-refractivity contribution in [2.24, 2.45) is 5.73 Å². The van der Waals surface area contributed by atoms with Gasteiger partial charge in [0.25, 0.3) is 0 Å². The van der Waals surface area contributed by atoms with E-state index >= 15 is 0 Å². The number of benzene rings is 1. The van der Waals surface area contributed by atoms with Gasteiger partial charge in [-0.25, -0.2) is 9.18 Å². The van der Waals surface area contributed by atoms with Crippen LogP contribution in [0.1, 0.15) is 12.0 Å². The van der Waals surface area contributed by atoms with Gasteiger partial charge in [0.05, 0.1) is 13.2 Å². The van der Waals surface area contributed by atoms with Crippen LogP contribution in [0.5, 0.6) is 5.75 Å². The summed E-state index contributed by atoms with van der Waals surface area (Å²) in [6.07, 6.45) is -0.291. The Morgan fingerprint density at radius 3 is 2.88 bits per heavy atom. The second-order valence-corrected chi connectivity index (χ2v) is 3.28. The van der Waals surface area contributed by atoms with Crippen molar-refractivity contribution in [3.8, 4) is 5.75 Å². The highest BCUT2D eigenvalue weighted by atomic mass is 19.1. The van der Waals surface area contributed by atoms with Crippen molar-refractivity contribution in [2.45, 2.75) is 13.3 Å². The first kappa shape index (κ1) is 12.3. The number of carbonyl (C=O) groups excluding carboxylic acids is 1. The van der Waals surface area contributed by atoms with Crippen LogP contribution in [0.15, 0.2) is 18.2 Å². The smallest absolute Gasteiger partial charge is 0.404 e. The number of rotatable bonds is 5. The summed E-state index contributed by atoms with van der Waals surface area (Å²) in [5.74, 6) is 0.160. The molecule has 0 unspecified atom stereocenters. The molecule has 0 bridgehead atoms. The van der Waals surface area contributed by atoms with E-state index in [4.69, 9.17) is 10.5 Å². The Bertz CT molecular complexity index is 368. The molecule has 88 valence electrons. The van der Waals surface area contributed by atoms with E-state index in [0.29, 0.717) is 18.8 Å². The van der Waals surface area contributed by atoms with Crippen LogP contribution in [0.3, 0.4) is 0 Å². The maximum absolute atomic E-state index is 12.9. The van der Waals surface area contributed by atoms with Crippen LogP contribution in [-0.4, -0.2) is 19.3 Å². The van der Waals surface area contributed by atoms with Crippen LogP contribution in [0.4, 0.5) is 9.18 Å². The highest BCUT2D eigenvalue weighted by Gasteiger charge is 2.01. The van der Waals surface area contributed by atoms with E-state index in [-0.39, 0.29) is 12.4 Å². The molecule has 0 spiro atoms. The molecule has 0 fully saturated rings. The number of hydrogen-bond acceptors (Lipinski definition) is 3. The minimum Gasteiger partial charge on any atom is -0.493 e. The summed E-state index contributed by atoms with van der Waals surface area (Å²) in [6, 6.07) is 4.34. The first-order chi connectivity index (χ1) is 7.59. The van der Waals surface area contributed by atoms with Crippen molar-refractivity contribution < 1.29 is 18.7 Å². The van der Waals surface area contributed by atoms with Crippen molar-refractivity contribution in [1.82, 2.24) is 0 Å². The highest BCUT2D eigenvalue weighted by Crippen LogP contribution is 2.18. The quantitative estimate of drug-likeness (QED) is 0.782. The second kappa shape index (κ2) is 5.95.